The molecule has 30 heavy (non-hydrogen) atoms. The van der Waals surface area contributed by atoms with Gasteiger partial charge in [0.25, 0.3) is 0 Å². The van der Waals surface area contributed by atoms with Crippen molar-refractivity contribution in [1.29, 1.82) is 0 Å². The zero-order valence-corrected chi connectivity index (χ0v) is 18.3. The molecule has 0 unspecified atom stereocenters. The lowest BCUT2D eigenvalue weighted by Crippen LogP contribution is -2.07. The van der Waals surface area contributed by atoms with Crippen molar-refractivity contribution in [3.05, 3.63) is 83.3 Å². The Bertz CT molecular complexity index is 1220. The Morgan fingerprint density at radius 2 is 1.97 bits per heavy atom. The van der Waals surface area contributed by atoms with Crippen molar-refractivity contribution >= 4 is 40.2 Å². The first-order valence-electron chi connectivity index (χ1n) is 9.71. The van der Waals surface area contributed by atoms with Crippen LogP contribution in [-0.2, 0) is 16.0 Å². The van der Waals surface area contributed by atoms with E-state index in [1.54, 1.807) is 11.8 Å². The number of para-hydroxylation sites is 1. The first-order valence-corrected chi connectivity index (χ1v) is 10.9. The zero-order valence-electron chi connectivity index (χ0n) is 16.8. The summed E-state index contributed by atoms with van der Waals surface area (Å²) in [6, 6.07) is 20.1. The van der Waals surface area contributed by atoms with Gasteiger partial charge in [0, 0.05) is 21.4 Å². The molecule has 0 N–H and O–H groups in total. The summed E-state index contributed by atoms with van der Waals surface area (Å²) >= 11 is 7.73. The van der Waals surface area contributed by atoms with Crippen LogP contribution in [0.15, 0.2) is 76.7 Å². The van der Waals surface area contributed by atoms with E-state index in [1.165, 1.54) is 0 Å². The molecular weight excluding hydrogens is 416 g/mol. The molecule has 6 heteroatoms. The second kappa shape index (κ2) is 8.94. The van der Waals surface area contributed by atoms with E-state index in [4.69, 9.17) is 16.3 Å². The normalized spacial score (nSPS) is 11.0. The predicted molar refractivity (Wildman–Crippen MR) is 122 cm³/mol. The monoisotopic (exact) mass is 436 g/mol. The second-order valence-electron chi connectivity index (χ2n) is 6.85. The van der Waals surface area contributed by atoms with Gasteiger partial charge in [0.1, 0.15) is 5.15 Å². The van der Waals surface area contributed by atoms with Gasteiger partial charge in [0.15, 0.2) is 0 Å². The fraction of sp³-hybridized carbons (Fsp3) is 0.167. The molecule has 0 saturated heterocycles. The Balaban J connectivity index is 1.70. The van der Waals surface area contributed by atoms with E-state index in [0.717, 1.165) is 37.6 Å². The molecule has 0 fully saturated rings. The van der Waals surface area contributed by atoms with Gasteiger partial charge in [-0.3, -0.25) is 4.79 Å². The summed E-state index contributed by atoms with van der Waals surface area (Å²) < 4.78 is 7.22. The van der Waals surface area contributed by atoms with Crippen molar-refractivity contribution in [3.63, 3.8) is 0 Å². The molecule has 152 valence electrons. The van der Waals surface area contributed by atoms with Crippen molar-refractivity contribution in [2.45, 2.75) is 30.1 Å². The summed E-state index contributed by atoms with van der Waals surface area (Å²) in [7, 11) is 0. The molecule has 4 nitrogen and oxygen atoms in total. The second-order valence-corrected chi connectivity index (χ2v) is 8.35. The number of fused-ring (bicyclic) bond motifs is 1. The van der Waals surface area contributed by atoms with Gasteiger partial charge < -0.3 is 9.30 Å². The molecule has 0 atom stereocenters. The molecule has 0 radical (unpaired) electrons. The fourth-order valence-corrected chi connectivity index (χ4v) is 4.67. The van der Waals surface area contributed by atoms with Crippen LogP contribution in [0.5, 0.6) is 0 Å². The number of carbonyl (C=O) groups excluding carboxylic acids is 1. The summed E-state index contributed by atoms with van der Waals surface area (Å²) in [6.07, 6.45) is 2.41. The van der Waals surface area contributed by atoms with E-state index in [0.29, 0.717) is 11.8 Å². The highest BCUT2D eigenvalue weighted by Gasteiger charge is 2.13. The van der Waals surface area contributed by atoms with Gasteiger partial charge in [-0.25, -0.2) is 4.98 Å². The highest BCUT2D eigenvalue weighted by Crippen LogP contribution is 2.37. The number of rotatable bonds is 6. The Morgan fingerprint density at radius 3 is 2.77 bits per heavy atom. The summed E-state index contributed by atoms with van der Waals surface area (Å²) in [4.78, 5) is 18.4. The average molecular weight is 437 g/mol. The fourth-order valence-electron chi connectivity index (χ4n) is 3.43. The molecule has 4 rings (SSSR count). The lowest BCUT2D eigenvalue weighted by molar-refractivity contribution is -0.142. The number of carbonyl (C=O) groups is 1. The number of halogens is 1. The lowest BCUT2D eigenvalue weighted by atomic mass is 10.1. The number of aromatic nitrogens is 2. The number of esters is 1. The third-order valence-corrected chi connectivity index (χ3v) is 5.98. The molecule has 0 aliphatic rings. The van der Waals surface area contributed by atoms with Gasteiger partial charge in [-0.2, -0.15) is 0 Å². The minimum absolute atomic E-state index is 0.207. The number of aryl methyl sites for hydroxylation is 1. The third-order valence-electron chi connectivity index (χ3n) is 4.74. The molecule has 0 bridgehead atoms. The Morgan fingerprint density at radius 1 is 1.13 bits per heavy atom. The topological polar surface area (TPSA) is 44.1 Å². The molecule has 0 amide bonds. The largest absolute Gasteiger partial charge is 0.466 e. The maximum absolute atomic E-state index is 11.8. The van der Waals surface area contributed by atoms with Crippen LogP contribution in [0, 0.1) is 6.92 Å². The van der Waals surface area contributed by atoms with E-state index < -0.39 is 0 Å². The van der Waals surface area contributed by atoms with Crippen LogP contribution < -0.4 is 0 Å². The van der Waals surface area contributed by atoms with Crippen LogP contribution in [-0.4, -0.2) is 22.1 Å². The summed E-state index contributed by atoms with van der Waals surface area (Å²) in [6.45, 7) is 4.17. The molecule has 0 spiro atoms. The minimum atomic E-state index is -0.207. The standard InChI is InChI=1S/C24H21ClN2O2S/c1-3-29-24(28)14-17-7-6-8-18(13-17)30-22-15-27(21-10-5-4-9-19(21)22)20-11-12-23(25)26-16(20)2/h4-13,15H,3,14H2,1-2H3. The van der Waals surface area contributed by atoms with Crippen LogP contribution in [0.2, 0.25) is 5.15 Å². The van der Waals surface area contributed by atoms with E-state index in [2.05, 4.69) is 33.9 Å². The predicted octanol–water partition coefficient (Wildman–Crippen LogP) is 6.24. The Labute approximate surface area is 184 Å². The van der Waals surface area contributed by atoms with E-state index >= 15 is 0 Å². The summed E-state index contributed by atoms with van der Waals surface area (Å²) in [5.74, 6) is -0.207. The first-order chi connectivity index (χ1) is 14.5. The average Bonchev–Trinajstić information content (AvgIpc) is 3.07. The van der Waals surface area contributed by atoms with Gasteiger partial charge in [-0.15, -0.1) is 0 Å². The van der Waals surface area contributed by atoms with E-state index in [9.17, 15) is 4.79 Å². The van der Waals surface area contributed by atoms with Crippen molar-refractivity contribution in [1.82, 2.24) is 9.55 Å². The van der Waals surface area contributed by atoms with Gasteiger partial charge in [0.05, 0.1) is 29.9 Å². The van der Waals surface area contributed by atoms with Crippen LogP contribution >= 0.6 is 23.4 Å². The lowest BCUT2D eigenvalue weighted by Gasteiger charge is -2.08. The maximum atomic E-state index is 11.8. The van der Waals surface area contributed by atoms with Gasteiger partial charge in [0.2, 0.25) is 0 Å². The minimum Gasteiger partial charge on any atom is -0.466 e. The van der Waals surface area contributed by atoms with Crippen LogP contribution in [0.3, 0.4) is 0 Å². The summed E-state index contributed by atoms with van der Waals surface area (Å²) in [5, 5.41) is 1.65. The maximum Gasteiger partial charge on any atom is 0.310 e. The number of nitrogens with zero attached hydrogens (tertiary/aromatic N) is 2. The van der Waals surface area contributed by atoms with Crippen LogP contribution in [0.1, 0.15) is 18.2 Å². The van der Waals surface area contributed by atoms with Crippen molar-refractivity contribution in [3.8, 4) is 5.69 Å². The smallest absolute Gasteiger partial charge is 0.310 e. The number of ether oxygens (including phenoxy) is 1. The Kier molecular flexibility index (Phi) is 6.11. The molecule has 2 aromatic carbocycles. The molecule has 0 aliphatic heterocycles. The van der Waals surface area contributed by atoms with Crippen molar-refractivity contribution in [2.24, 2.45) is 0 Å². The van der Waals surface area contributed by atoms with Gasteiger partial charge in [-0.05, 0) is 49.7 Å². The molecule has 2 aromatic heterocycles. The van der Waals surface area contributed by atoms with Crippen molar-refractivity contribution < 1.29 is 9.53 Å². The third kappa shape index (κ3) is 4.37. The first kappa shape index (κ1) is 20.5. The molecule has 0 saturated carbocycles. The van der Waals surface area contributed by atoms with Gasteiger partial charge >= 0.3 is 5.97 Å². The molecule has 0 aliphatic carbocycles. The van der Waals surface area contributed by atoms with Crippen LogP contribution in [0.25, 0.3) is 16.6 Å². The Hall–Kier alpha value is -2.76. The highest BCUT2D eigenvalue weighted by atomic mass is 35.5. The number of pyridine rings is 1. The van der Waals surface area contributed by atoms with Crippen LogP contribution in [0.4, 0.5) is 0 Å². The molecular formula is C24H21ClN2O2S. The van der Waals surface area contributed by atoms with Gasteiger partial charge in [-0.1, -0.05) is 53.7 Å². The highest BCUT2D eigenvalue weighted by molar-refractivity contribution is 7.99. The quantitative estimate of drug-likeness (QED) is 0.265. The number of benzene rings is 2. The number of hydrogen-bond acceptors (Lipinski definition) is 4. The molecule has 2 heterocycles. The SMILES string of the molecule is CCOC(=O)Cc1cccc(Sc2cn(-c3ccc(Cl)nc3C)c3ccccc23)c1. The van der Waals surface area contributed by atoms with E-state index in [-0.39, 0.29) is 12.4 Å². The van der Waals surface area contributed by atoms with Crippen molar-refractivity contribution in [2.75, 3.05) is 6.61 Å². The number of hydrogen-bond donors (Lipinski definition) is 0. The zero-order chi connectivity index (χ0) is 21.1. The molecule has 4 aromatic rings. The van der Waals surface area contributed by atoms with E-state index in [1.807, 2.05) is 56.3 Å². The summed E-state index contributed by atoms with van der Waals surface area (Å²) in [5.41, 5.74) is 3.92.